The number of phenols is 1. The van der Waals surface area contributed by atoms with E-state index in [1.807, 2.05) is 17.0 Å². The summed E-state index contributed by atoms with van der Waals surface area (Å²) in [6.45, 7) is 2.50. The van der Waals surface area contributed by atoms with Gasteiger partial charge in [0.05, 0.1) is 0 Å². The van der Waals surface area contributed by atoms with Crippen LogP contribution in [0.25, 0.3) is 0 Å². The minimum atomic E-state index is 0. The molecular weight excluding hydrogens is 300 g/mol. The van der Waals surface area contributed by atoms with Gasteiger partial charge >= 0.3 is 0 Å². The number of aromatic hydroxyl groups is 1. The maximum atomic E-state index is 12.6. The summed E-state index contributed by atoms with van der Waals surface area (Å²) >= 11 is 0. The molecule has 1 saturated heterocycles. The highest BCUT2D eigenvalue weighted by molar-refractivity contribution is 5.85. The second-order valence-corrected chi connectivity index (χ2v) is 6.38. The average Bonchev–Trinajstić information content (AvgIpc) is 3.13. The first kappa shape index (κ1) is 17.1. The van der Waals surface area contributed by atoms with E-state index in [0.717, 1.165) is 25.1 Å². The number of rotatable bonds is 6. The van der Waals surface area contributed by atoms with Crippen LogP contribution in [0.15, 0.2) is 24.3 Å². The summed E-state index contributed by atoms with van der Waals surface area (Å²) in [4.78, 5) is 14.6. The van der Waals surface area contributed by atoms with Crippen LogP contribution in [0.4, 0.5) is 0 Å². The highest BCUT2D eigenvalue weighted by Crippen LogP contribution is 2.30. The zero-order chi connectivity index (χ0) is 14.7. The molecule has 0 bridgehead atoms. The lowest BCUT2D eigenvalue weighted by Crippen LogP contribution is -2.36. The third kappa shape index (κ3) is 4.89. The van der Waals surface area contributed by atoms with Crippen molar-refractivity contribution in [1.29, 1.82) is 0 Å². The van der Waals surface area contributed by atoms with Gasteiger partial charge in [0.25, 0.3) is 0 Å². The van der Waals surface area contributed by atoms with E-state index in [9.17, 15) is 9.90 Å². The van der Waals surface area contributed by atoms with E-state index in [1.165, 1.54) is 19.3 Å². The molecule has 2 N–H and O–H groups in total. The molecule has 3 rings (SSSR count). The Balaban J connectivity index is 0.00000176. The number of carbonyl (C=O) groups excluding carboxylic acids is 1. The molecule has 1 heterocycles. The Morgan fingerprint density at radius 2 is 2.14 bits per heavy atom. The smallest absolute Gasteiger partial charge is 0.224 e. The molecule has 2 fully saturated rings. The molecule has 0 radical (unpaired) electrons. The fourth-order valence-electron chi connectivity index (χ4n) is 3.01. The number of hydrogen-bond acceptors (Lipinski definition) is 3. The molecule has 122 valence electrons. The molecular formula is C17H25ClN2O2. The van der Waals surface area contributed by atoms with Crippen LogP contribution in [0, 0.1) is 5.92 Å². The molecule has 5 heteroatoms. The number of carbonyl (C=O) groups is 1. The molecule has 2 aliphatic rings. The van der Waals surface area contributed by atoms with Gasteiger partial charge in [0, 0.05) is 25.6 Å². The minimum Gasteiger partial charge on any atom is -0.508 e. The molecule has 1 aliphatic heterocycles. The first-order valence-corrected chi connectivity index (χ1v) is 8.00. The van der Waals surface area contributed by atoms with Gasteiger partial charge in [0.2, 0.25) is 5.91 Å². The van der Waals surface area contributed by atoms with Crippen LogP contribution < -0.4 is 5.32 Å². The summed E-state index contributed by atoms with van der Waals surface area (Å²) in [6, 6.07) is 7.58. The van der Waals surface area contributed by atoms with Crippen molar-refractivity contribution in [3.63, 3.8) is 0 Å². The van der Waals surface area contributed by atoms with Gasteiger partial charge in [-0.05, 0) is 55.8 Å². The van der Waals surface area contributed by atoms with Crippen LogP contribution in [-0.4, -0.2) is 35.0 Å². The van der Waals surface area contributed by atoms with E-state index in [4.69, 9.17) is 0 Å². The van der Waals surface area contributed by atoms with E-state index >= 15 is 0 Å². The number of hydrogen-bond donors (Lipinski definition) is 2. The van der Waals surface area contributed by atoms with Gasteiger partial charge in [0.15, 0.2) is 0 Å². The summed E-state index contributed by atoms with van der Waals surface area (Å²) in [5.74, 6) is 1.19. The molecule has 1 amide bonds. The SMILES string of the molecule is Cl.O=C(CC1CCCN1)N(Cc1cccc(O)c1)CC1CC1. The molecule has 4 nitrogen and oxygen atoms in total. The van der Waals surface area contributed by atoms with Crippen molar-refractivity contribution in [3.05, 3.63) is 29.8 Å². The second-order valence-electron chi connectivity index (χ2n) is 6.38. The summed E-state index contributed by atoms with van der Waals surface area (Å²) in [5.41, 5.74) is 1.00. The second kappa shape index (κ2) is 7.84. The van der Waals surface area contributed by atoms with Crippen LogP contribution in [-0.2, 0) is 11.3 Å². The van der Waals surface area contributed by atoms with Crippen LogP contribution in [0.2, 0.25) is 0 Å². The van der Waals surface area contributed by atoms with E-state index in [-0.39, 0.29) is 24.1 Å². The molecule has 1 aromatic rings. The number of phenolic OH excluding ortho intramolecular Hbond substituents is 1. The number of halogens is 1. The normalized spacial score (nSPS) is 20.5. The summed E-state index contributed by atoms with van der Waals surface area (Å²) in [7, 11) is 0. The number of nitrogens with one attached hydrogen (secondary N) is 1. The Labute approximate surface area is 138 Å². The molecule has 22 heavy (non-hydrogen) atoms. The van der Waals surface area contributed by atoms with E-state index < -0.39 is 0 Å². The highest BCUT2D eigenvalue weighted by atomic mass is 35.5. The van der Waals surface area contributed by atoms with Gasteiger partial charge in [-0.3, -0.25) is 4.79 Å². The lowest BCUT2D eigenvalue weighted by atomic mass is 10.1. The maximum Gasteiger partial charge on any atom is 0.224 e. The van der Waals surface area contributed by atoms with Crippen molar-refractivity contribution in [1.82, 2.24) is 10.2 Å². The van der Waals surface area contributed by atoms with E-state index in [2.05, 4.69) is 5.32 Å². The van der Waals surface area contributed by atoms with Gasteiger partial charge in [-0.2, -0.15) is 0 Å². The molecule has 1 aromatic carbocycles. The van der Waals surface area contributed by atoms with Gasteiger partial charge in [-0.1, -0.05) is 12.1 Å². The Kier molecular flexibility index (Phi) is 6.09. The summed E-state index contributed by atoms with van der Waals surface area (Å²) in [6.07, 6.45) is 5.37. The molecule has 1 saturated carbocycles. The van der Waals surface area contributed by atoms with Crippen molar-refractivity contribution in [2.75, 3.05) is 13.1 Å². The highest BCUT2D eigenvalue weighted by Gasteiger charge is 2.28. The zero-order valence-electron chi connectivity index (χ0n) is 12.8. The lowest BCUT2D eigenvalue weighted by Gasteiger charge is -2.24. The standard InChI is InChI=1S/C17H24N2O2.ClH/c20-16-5-1-3-14(9-16)12-19(11-13-6-7-13)17(21)10-15-4-2-8-18-15;/h1,3,5,9,13,15,18,20H,2,4,6-8,10-12H2;1H. The van der Waals surface area contributed by atoms with E-state index in [1.54, 1.807) is 12.1 Å². The predicted molar refractivity (Wildman–Crippen MR) is 89.1 cm³/mol. The zero-order valence-corrected chi connectivity index (χ0v) is 13.6. The van der Waals surface area contributed by atoms with Crippen molar-refractivity contribution >= 4 is 18.3 Å². The van der Waals surface area contributed by atoms with Gasteiger partial charge in [-0.15, -0.1) is 12.4 Å². The third-order valence-corrected chi connectivity index (χ3v) is 4.40. The Hall–Kier alpha value is -1.26. The Morgan fingerprint density at radius 1 is 1.32 bits per heavy atom. The predicted octanol–water partition coefficient (Wildman–Crippen LogP) is 2.69. The van der Waals surface area contributed by atoms with Crippen molar-refractivity contribution in [2.24, 2.45) is 5.92 Å². The third-order valence-electron chi connectivity index (χ3n) is 4.40. The first-order chi connectivity index (χ1) is 10.2. The van der Waals surface area contributed by atoms with Gasteiger partial charge in [0.1, 0.15) is 5.75 Å². The summed E-state index contributed by atoms with van der Waals surface area (Å²) in [5, 5.41) is 13.0. The monoisotopic (exact) mass is 324 g/mol. The van der Waals surface area contributed by atoms with Crippen LogP contribution in [0.5, 0.6) is 5.75 Å². The maximum absolute atomic E-state index is 12.6. The van der Waals surface area contributed by atoms with E-state index in [0.29, 0.717) is 24.9 Å². The van der Waals surface area contributed by atoms with Crippen molar-refractivity contribution in [2.45, 2.75) is 44.7 Å². The lowest BCUT2D eigenvalue weighted by molar-refractivity contribution is -0.132. The molecule has 0 aromatic heterocycles. The first-order valence-electron chi connectivity index (χ1n) is 8.00. The topological polar surface area (TPSA) is 52.6 Å². The average molecular weight is 325 g/mol. The largest absolute Gasteiger partial charge is 0.508 e. The Bertz CT molecular complexity index is 499. The van der Waals surface area contributed by atoms with Crippen LogP contribution in [0.1, 0.15) is 37.7 Å². The van der Waals surface area contributed by atoms with Gasteiger partial charge in [-0.25, -0.2) is 0 Å². The van der Waals surface area contributed by atoms with Crippen molar-refractivity contribution in [3.8, 4) is 5.75 Å². The van der Waals surface area contributed by atoms with Gasteiger partial charge < -0.3 is 15.3 Å². The quantitative estimate of drug-likeness (QED) is 0.846. The van der Waals surface area contributed by atoms with Crippen LogP contribution >= 0.6 is 12.4 Å². The number of amides is 1. The Morgan fingerprint density at radius 3 is 2.77 bits per heavy atom. The molecule has 1 aliphatic carbocycles. The fraction of sp³-hybridized carbons (Fsp3) is 0.588. The number of benzene rings is 1. The molecule has 1 unspecified atom stereocenters. The molecule has 1 atom stereocenters. The van der Waals surface area contributed by atoms with Crippen molar-refractivity contribution < 1.29 is 9.90 Å². The minimum absolute atomic E-state index is 0. The molecule has 0 spiro atoms. The summed E-state index contributed by atoms with van der Waals surface area (Å²) < 4.78 is 0. The number of nitrogens with zero attached hydrogens (tertiary/aromatic N) is 1. The van der Waals surface area contributed by atoms with Crippen LogP contribution in [0.3, 0.4) is 0 Å². The fourth-order valence-corrected chi connectivity index (χ4v) is 3.01.